The van der Waals surface area contributed by atoms with E-state index in [1.54, 1.807) is 0 Å². The molecule has 5 nitrogen and oxygen atoms in total. The Balaban J connectivity index is 1.70. The number of Topliss-reactive ketones (excluding diaryl/α,β-unsaturated/α-hetero) is 2. The molecule has 4 fully saturated rings. The Morgan fingerprint density at radius 2 is 1.92 bits per heavy atom. The van der Waals surface area contributed by atoms with E-state index < -0.39 is 29.5 Å². The summed E-state index contributed by atoms with van der Waals surface area (Å²) in [5.41, 5.74) is -2.24. The summed E-state index contributed by atoms with van der Waals surface area (Å²) in [6.45, 7) is 3.55. The van der Waals surface area contributed by atoms with Gasteiger partial charge in [-0.3, -0.25) is 9.59 Å². The number of hydrogen-bond acceptors (Lipinski definition) is 5. The zero-order chi connectivity index (χ0) is 18.9. The minimum Gasteiger partial charge on any atom is -0.393 e. The van der Waals surface area contributed by atoms with Gasteiger partial charge in [-0.05, 0) is 67.6 Å². The minimum absolute atomic E-state index is 0.0285. The third-order valence-electron chi connectivity index (χ3n) is 9.17. The van der Waals surface area contributed by atoms with Crippen molar-refractivity contribution in [2.75, 3.05) is 6.61 Å². The molecule has 8 atom stereocenters. The molecule has 5 heteroatoms. The van der Waals surface area contributed by atoms with Gasteiger partial charge in [0.05, 0.1) is 6.10 Å². The minimum atomic E-state index is -1.53. The van der Waals surface area contributed by atoms with Gasteiger partial charge in [0, 0.05) is 18.3 Å². The Labute approximate surface area is 155 Å². The van der Waals surface area contributed by atoms with E-state index in [0.29, 0.717) is 37.4 Å². The fraction of sp³-hybridized carbons (Fsp3) is 0.905. The number of aliphatic hydroxyl groups is 3. The van der Waals surface area contributed by atoms with Crippen molar-refractivity contribution < 1.29 is 24.9 Å². The maximum absolute atomic E-state index is 12.4. The quantitative estimate of drug-likeness (QED) is 0.695. The highest BCUT2D eigenvalue weighted by molar-refractivity contribution is 5.89. The van der Waals surface area contributed by atoms with Crippen LogP contribution in [0.4, 0.5) is 0 Å². The van der Waals surface area contributed by atoms with Crippen LogP contribution in [0.2, 0.25) is 0 Å². The Bertz CT molecular complexity index is 632. The maximum atomic E-state index is 12.4. The average molecular weight is 364 g/mol. The molecule has 146 valence electrons. The van der Waals surface area contributed by atoms with Crippen LogP contribution in [0.25, 0.3) is 0 Å². The van der Waals surface area contributed by atoms with E-state index in [2.05, 4.69) is 6.92 Å². The van der Waals surface area contributed by atoms with Crippen molar-refractivity contribution in [3.05, 3.63) is 0 Å². The van der Waals surface area contributed by atoms with E-state index in [1.807, 2.05) is 6.92 Å². The third kappa shape index (κ3) is 2.20. The Morgan fingerprint density at radius 1 is 1.19 bits per heavy atom. The predicted molar refractivity (Wildman–Crippen MR) is 95.2 cm³/mol. The monoisotopic (exact) mass is 364 g/mol. The highest BCUT2D eigenvalue weighted by Crippen LogP contribution is 2.68. The van der Waals surface area contributed by atoms with Crippen LogP contribution in [0, 0.1) is 34.5 Å². The summed E-state index contributed by atoms with van der Waals surface area (Å²) in [5.74, 6) is 0.800. The van der Waals surface area contributed by atoms with Gasteiger partial charge in [0.25, 0.3) is 0 Å². The van der Waals surface area contributed by atoms with Crippen LogP contribution < -0.4 is 0 Å². The topological polar surface area (TPSA) is 94.8 Å². The summed E-state index contributed by atoms with van der Waals surface area (Å²) in [6, 6.07) is 0. The number of carbonyl (C=O) groups is 2. The van der Waals surface area contributed by atoms with Gasteiger partial charge in [-0.2, -0.15) is 0 Å². The normalized spacial score (nSPS) is 53.6. The number of aliphatic hydroxyl groups excluding tert-OH is 2. The summed E-state index contributed by atoms with van der Waals surface area (Å²) in [5, 5.41) is 31.8. The van der Waals surface area contributed by atoms with Crippen LogP contribution in [0.1, 0.15) is 65.2 Å². The lowest BCUT2D eigenvalue weighted by Crippen LogP contribution is -2.63. The third-order valence-corrected chi connectivity index (χ3v) is 9.17. The van der Waals surface area contributed by atoms with Crippen LogP contribution in [0.5, 0.6) is 0 Å². The number of carbonyl (C=O) groups excluding carboxylic acids is 2. The highest BCUT2D eigenvalue weighted by atomic mass is 16.3. The molecule has 3 N–H and O–H groups in total. The van der Waals surface area contributed by atoms with Crippen LogP contribution in [0.3, 0.4) is 0 Å². The molecule has 0 amide bonds. The fourth-order valence-corrected chi connectivity index (χ4v) is 7.76. The molecule has 0 saturated heterocycles. The van der Waals surface area contributed by atoms with Gasteiger partial charge < -0.3 is 15.3 Å². The van der Waals surface area contributed by atoms with Gasteiger partial charge in [0.2, 0.25) is 0 Å². The molecule has 0 unspecified atom stereocenters. The molecule has 0 aromatic heterocycles. The van der Waals surface area contributed by atoms with Crippen molar-refractivity contribution in [1.29, 1.82) is 0 Å². The first kappa shape index (κ1) is 18.6. The van der Waals surface area contributed by atoms with Crippen molar-refractivity contribution in [1.82, 2.24) is 0 Å². The second kappa shape index (κ2) is 5.86. The van der Waals surface area contributed by atoms with Crippen molar-refractivity contribution in [2.24, 2.45) is 34.5 Å². The summed E-state index contributed by atoms with van der Waals surface area (Å²) in [4.78, 5) is 24.3. The van der Waals surface area contributed by atoms with Crippen LogP contribution >= 0.6 is 0 Å². The van der Waals surface area contributed by atoms with Gasteiger partial charge in [-0.1, -0.05) is 13.8 Å². The molecule has 4 saturated carbocycles. The lowest BCUT2D eigenvalue weighted by Gasteiger charge is -2.62. The second-order valence-corrected chi connectivity index (χ2v) is 9.99. The molecular formula is C21H32O5. The van der Waals surface area contributed by atoms with Crippen molar-refractivity contribution in [2.45, 2.75) is 76.9 Å². The highest BCUT2D eigenvalue weighted by Gasteiger charge is 2.68. The van der Waals surface area contributed by atoms with Gasteiger partial charge in [0.1, 0.15) is 18.0 Å². The lowest BCUT2D eigenvalue weighted by molar-refractivity contribution is -0.198. The SMILES string of the molecule is C[C@]12CCC(=O)C[C@@H]1CC[C@@H]1[C@@H]2[C@H](O)C[C@@]2(C)[C@H]1CC[C@]2(O)C(=O)CO. The molecule has 0 aliphatic heterocycles. The van der Waals surface area contributed by atoms with E-state index in [1.165, 1.54) is 0 Å². The standard InChI is InChI=1S/C21H32O5/c1-19-7-5-13(23)9-12(19)3-4-14-15-6-8-21(26,17(25)11-22)20(15,2)10-16(24)18(14)19/h12,14-16,18,22,24,26H,3-11H2,1-2H3/t12-,14-,15-,16+,18+,19-,20-,21-/m0/s1. The van der Waals surface area contributed by atoms with Gasteiger partial charge in [-0.15, -0.1) is 0 Å². The molecule has 0 aromatic rings. The number of fused-ring (bicyclic) bond motifs is 5. The maximum Gasteiger partial charge on any atom is 0.190 e. The lowest BCUT2D eigenvalue weighted by atomic mass is 9.43. The van der Waals surface area contributed by atoms with Gasteiger partial charge in [0.15, 0.2) is 5.78 Å². The van der Waals surface area contributed by atoms with Crippen molar-refractivity contribution in [3.8, 4) is 0 Å². The van der Waals surface area contributed by atoms with Gasteiger partial charge >= 0.3 is 0 Å². The molecule has 4 aliphatic rings. The van der Waals surface area contributed by atoms with Crippen LogP contribution in [-0.2, 0) is 9.59 Å². The molecule has 0 aromatic carbocycles. The molecule has 0 heterocycles. The van der Waals surface area contributed by atoms with E-state index >= 15 is 0 Å². The molecule has 0 spiro atoms. The molecule has 0 bridgehead atoms. The smallest absolute Gasteiger partial charge is 0.190 e. The van der Waals surface area contributed by atoms with E-state index in [0.717, 1.165) is 25.7 Å². The Hall–Kier alpha value is -0.780. The summed E-state index contributed by atoms with van der Waals surface area (Å²) < 4.78 is 0. The number of ketones is 2. The summed E-state index contributed by atoms with van der Waals surface area (Å²) in [7, 11) is 0. The largest absolute Gasteiger partial charge is 0.393 e. The van der Waals surface area contributed by atoms with Crippen LogP contribution in [0.15, 0.2) is 0 Å². The van der Waals surface area contributed by atoms with E-state index in [4.69, 9.17) is 0 Å². The Kier molecular flexibility index (Phi) is 4.18. The first-order valence-electron chi connectivity index (χ1n) is 10.2. The second-order valence-electron chi connectivity index (χ2n) is 9.99. The average Bonchev–Trinajstić information content (AvgIpc) is 2.86. The fourth-order valence-electron chi connectivity index (χ4n) is 7.76. The molecule has 26 heavy (non-hydrogen) atoms. The predicted octanol–water partition coefficient (Wildman–Crippen LogP) is 1.86. The van der Waals surface area contributed by atoms with E-state index in [-0.39, 0.29) is 23.2 Å². The molecule has 0 radical (unpaired) electrons. The summed E-state index contributed by atoms with van der Waals surface area (Å²) >= 11 is 0. The number of hydrogen-bond donors (Lipinski definition) is 3. The zero-order valence-electron chi connectivity index (χ0n) is 15.9. The van der Waals surface area contributed by atoms with E-state index in [9.17, 15) is 24.9 Å². The zero-order valence-corrected chi connectivity index (χ0v) is 15.9. The van der Waals surface area contributed by atoms with Gasteiger partial charge in [-0.25, -0.2) is 0 Å². The molecular weight excluding hydrogens is 332 g/mol. The first-order valence-corrected chi connectivity index (χ1v) is 10.2. The molecule has 4 rings (SSSR count). The Morgan fingerprint density at radius 3 is 2.62 bits per heavy atom. The molecule has 4 aliphatic carbocycles. The summed E-state index contributed by atoms with van der Waals surface area (Å²) in [6.07, 6.45) is 5.02. The first-order chi connectivity index (χ1) is 12.2. The van der Waals surface area contributed by atoms with Crippen molar-refractivity contribution in [3.63, 3.8) is 0 Å². The van der Waals surface area contributed by atoms with Crippen molar-refractivity contribution >= 4 is 11.6 Å². The number of rotatable bonds is 2. The van der Waals surface area contributed by atoms with Crippen LogP contribution in [-0.4, -0.2) is 45.2 Å².